The summed E-state index contributed by atoms with van der Waals surface area (Å²) in [5.41, 5.74) is 2.00. The molecule has 0 bridgehead atoms. The molecular weight excluding hydrogens is 346 g/mol. The summed E-state index contributed by atoms with van der Waals surface area (Å²) in [6, 6.07) is 8.00. The molecule has 1 amide bonds. The molecule has 0 N–H and O–H groups in total. The minimum absolute atomic E-state index is 0.00984. The predicted octanol–water partition coefficient (Wildman–Crippen LogP) is 2.15. The van der Waals surface area contributed by atoms with Crippen molar-refractivity contribution in [1.29, 1.82) is 0 Å². The van der Waals surface area contributed by atoms with Crippen LogP contribution >= 0.6 is 0 Å². The number of ether oxygens (including phenoxy) is 2. The van der Waals surface area contributed by atoms with Gasteiger partial charge in [-0.05, 0) is 24.6 Å². The summed E-state index contributed by atoms with van der Waals surface area (Å²) < 4.78 is 10.0. The number of aromatic nitrogens is 1. The molecule has 1 saturated heterocycles. The third kappa shape index (κ3) is 4.13. The number of anilines is 1. The molecule has 0 saturated carbocycles. The maximum Gasteiger partial charge on any atom is 0.306 e. The van der Waals surface area contributed by atoms with E-state index in [1.165, 1.54) is 7.11 Å². The zero-order chi connectivity index (χ0) is 19.4. The lowest BCUT2D eigenvalue weighted by Crippen LogP contribution is -2.49. The number of methoxy groups -OCH3 is 2. The Labute approximate surface area is 158 Å². The molecule has 0 aliphatic carbocycles. The van der Waals surface area contributed by atoms with Crippen LogP contribution < -0.4 is 9.64 Å². The van der Waals surface area contributed by atoms with Gasteiger partial charge < -0.3 is 19.3 Å². The number of nitrogens with zero attached hydrogens (tertiary/aromatic N) is 3. The Morgan fingerprint density at radius 2 is 1.85 bits per heavy atom. The molecule has 0 atom stereocenters. The van der Waals surface area contributed by atoms with Crippen LogP contribution in [0.25, 0.3) is 10.9 Å². The summed E-state index contributed by atoms with van der Waals surface area (Å²) in [5.74, 6) is 1.29. The van der Waals surface area contributed by atoms with E-state index in [4.69, 9.17) is 9.72 Å². The monoisotopic (exact) mass is 371 g/mol. The summed E-state index contributed by atoms with van der Waals surface area (Å²) in [4.78, 5) is 32.2. The third-order valence-electron chi connectivity index (χ3n) is 4.94. The molecule has 1 aromatic carbocycles. The van der Waals surface area contributed by atoms with Crippen LogP contribution in [0.2, 0.25) is 0 Å². The summed E-state index contributed by atoms with van der Waals surface area (Å²) in [6.45, 7) is 4.71. The minimum atomic E-state index is -0.355. The molecule has 1 aliphatic rings. The van der Waals surface area contributed by atoms with Crippen molar-refractivity contribution in [2.75, 3.05) is 45.3 Å². The van der Waals surface area contributed by atoms with Crippen LogP contribution in [0.4, 0.5) is 5.82 Å². The number of benzene rings is 1. The lowest BCUT2D eigenvalue weighted by Gasteiger charge is -2.35. The van der Waals surface area contributed by atoms with E-state index in [9.17, 15) is 9.59 Å². The van der Waals surface area contributed by atoms with Crippen LogP contribution in [0.15, 0.2) is 24.3 Å². The molecule has 0 unspecified atom stereocenters. The van der Waals surface area contributed by atoms with E-state index in [2.05, 4.69) is 22.6 Å². The highest BCUT2D eigenvalue weighted by Crippen LogP contribution is 2.29. The summed E-state index contributed by atoms with van der Waals surface area (Å²) in [6.07, 6.45) is 0.317. The number of piperazine rings is 1. The van der Waals surface area contributed by atoms with Gasteiger partial charge >= 0.3 is 5.97 Å². The molecule has 1 aliphatic heterocycles. The molecule has 144 valence electrons. The summed E-state index contributed by atoms with van der Waals surface area (Å²) in [5, 5.41) is 1.08. The molecule has 7 nitrogen and oxygen atoms in total. The van der Waals surface area contributed by atoms with Gasteiger partial charge in [0.05, 0.1) is 20.6 Å². The van der Waals surface area contributed by atoms with Crippen LogP contribution in [-0.2, 0) is 14.3 Å². The number of hydrogen-bond donors (Lipinski definition) is 0. The van der Waals surface area contributed by atoms with E-state index < -0.39 is 0 Å². The topological polar surface area (TPSA) is 72.0 Å². The van der Waals surface area contributed by atoms with Gasteiger partial charge in [-0.3, -0.25) is 9.59 Å². The fraction of sp³-hybridized carbons (Fsp3) is 0.450. The van der Waals surface area contributed by atoms with Crippen molar-refractivity contribution in [3.63, 3.8) is 0 Å². The highest BCUT2D eigenvalue weighted by molar-refractivity contribution is 5.89. The van der Waals surface area contributed by atoms with E-state index in [0.717, 1.165) is 28.0 Å². The molecule has 1 fully saturated rings. The van der Waals surface area contributed by atoms with E-state index in [0.29, 0.717) is 26.2 Å². The number of aryl methyl sites for hydroxylation is 1. The summed E-state index contributed by atoms with van der Waals surface area (Å²) in [7, 11) is 2.98. The Morgan fingerprint density at radius 3 is 2.52 bits per heavy atom. The average molecular weight is 371 g/mol. The van der Waals surface area contributed by atoms with Gasteiger partial charge in [-0.2, -0.15) is 0 Å². The van der Waals surface area contributed by atoms with Gasteiger partial charge in [-0.25, -0.2) is 4.98 Å². The van der Waals surface area contributed by atoms with Crippen molar-refractivity contribution in [2.45, 2.75) is 19.8 Å². The number of amides is 1. The smallest absolute Gasteiger partial charge is 0.306 e. The Hall–Kier alpha value is -2.83. The quantitative estimate of drug-likeness (QED) is 0.750. The van der Waals surface area contributed by atoms with Crippen molar-refractivity contribution in [3.05, 3.63) is 29.8 Å². The molecule has 3 rings (SSSR count). The standard InChI is InChI=1S/C20H25N3O4/c1-14-13-17(21-20-15(14)5-4-6-16(20)26-2)22-9-11-23(12-10-22)18(24)7-8-19(25)27-3/h4-6,13H,7-12H2,1-3H3. The molecule has 7 heteroatoms. The number of carbonyl (C=O) groups is 2. The number of para-hydroxylation sites is 1. The first kappa shape index (κ1) is 18.9. The lowest BCUT2D eigenvalue weighted by atomic mass is 10.1. The van der Waals surface area contributed by atoms with Gasteiger partial charge in [0.15, 0.2) is 0 Å². The normalized spacial score (nSPS) is 14.3. The second-order valence-electron chi connectivity index (χ2n) is 6.60. The van der Waals surface area contributed by atoms with Crippen LogP contribution in [0.1, 0.15) is 18.4 Å². The fourth-order valence-corrected chi connectivity index (χ4v) is 3.35. The Bertz CT molecular complexity index is 844. The fourth-order valence-electron chi connectivity index (χ4n) is 3.35. The Balaban J connectivity index is 1.69. The van der Waals surface area contributed by atoms with Crippen LogP contribution in [0.3, 0.4) is 0 Å². The zero-order valence-electron chi connectivity index (χ0n) is 16.0. The Morgan fingerprint density at radius 1 is 1.11 bits per heavy atom. The first-order valence-electron chi connectivity index (χ1n) is 9.07. The first-order valence-corrected chi connectivity index (χ1v) is 9.07. The van der Waals surface area contributed by atoms with Crippen molar-refractivity contribution < 1.29 is 19.1 Å². The maximum absolute atomic E-state index is 12.2. The number of fused-ring (bicyclic) bond motifs is 1. The lowest BCUT2D eigenvalue weighted by molar-refractivity contribution is -0.143. The molecule has 27 heavy (non-hydrogen) atoms. The SMILES string of the molecule is COC(=O)CCC(=O)N1CCN(c2cc(C)c3cccc(OC)c3n2)CC1. The molecule has 1 aromatic heterocycles. The van der Waals surface area contributed by atoms with Crippen molar-refractivity contribution >= 4 is 28.6 Å². The summed E-state index contributed by atoms with van der Waals surface area (Å²) >= 11 is 0. The van der Waals surface area contributed by atoms with E-state index >= 15 is 0 Å². The molecule has 2 aromatic rings. The van der Waals surface area contributed by atoms with Crippen LogP contribution in [0.5, 0.6) is 5.75 Å². The largest absolute Gasteiger partial charge is 0.494 e. The highest BCUT2D eigenvalue weighted by Gasteiger charge is 2.23. The molecular formula is C20H25N3O4. The van der Waals surface area contributed by atoms with Gasteiger partial charge in [0.2, 0.25) is 5.91 Å². The predicted molar refractivity (Wildman–Crippen MR) is 103 cm³/mol. The number of pyridine rings is 1. The maximum atomic E-state index is 12.2. The Kier molecular flexibility index (Phi) is 5.78. The van der Waals surface area contributed by atoms with Gasteiger partial charge in [-0.1, -0.05) is 12.1 Å². The zero-order valence-corrected chi connectivity index (χ0v) is 16.0. The molecule has 2 heterocycles. The van der Waals surface area contributed by atoms with Gasteiger partial charge in [-0.15, -0.1) is 0 Å². The highest BCUT2D eigenvalue weighted by atomic mass is 16.5. The van der Waals surface area contributed by atoms with Crippen LogP contribution in [-0.4, -0.2) is 62.2 Å². The van der Waals surface area contributed by atoms with E-state index in [-0.39, 0.29) is 24.7 Å². The van der Waals surface area contributed by atoms with Crippen LogP contribution in [0, 0.1) is 6.92 Å². The van der Waals surface area contributed by atoms with Crippen molar-refractivity contribution in [3.8, 4) is 5.75 Å². The van der Waals surface area contributed by atoms with Gasteiger partial charge in [0, 0.05) is 38.0 Å². The van der Waals surface area contributed by atoms with Gasteiger partial charge in [0.1, 0.15) is 17.1 Å². The number of carbonyl (C=O) groups excluding carboxylic acids is 2. The number of rotatable bonds is 5. The van der Waals surface area contributed by atoms with Gasteiger partial charge in [0.25, 0.3) is 0 Å². The third-order valence-corrected chi connectivity index (χ3v) is 4.94. The number of esters is 1. The second kappa shape index (κ2) is 8.24. The molecule has 0 spiro atoms. The second-order valence-corrected chi connectivity index (χ2v) is 6.60. The first-order chi connectivity index (χ1) is 13.0. The molecule has 0 radical (unpaired) electrons. The van der Waals surface area contributed by atoms with Crippen molar-refractivity contribution in [1.82, 2.24) is 9.88 Å². The minimum Gasteiger partial charge on any atom is -0.494 e. The van der Waals surface area contributed by atoms with Crippen molar-refractivity contribution in [2.24, 2.45) is 0 Å². The van der Waals surface area contributed by atoms with E-state index in [1.807, 2.05) is 18.2 Å². The van der Waals surface area contributed by atoms with E-state index in [1.54, 1.807) is 12.0 Å². The number of hydrogen-bond acceptors (Lipinski definition) is 6. The average Bonchev–Trinajstić information content (AvgIpc) is 2.71.